The maximum absolute atomic E-state index is 11.6. The van der Waals surface area contributed by atoms with Crippen molar-refractivity contribution in [2.75, 3.05) is 13.7 Å². The van der Waals surface area contributed by atoms with Gasteiger partial charge >= 0.3 is 5.97 Å². The van der Waals surface area contributed by atoms with Gasteiger partial charge in [-0.3, -0.25) is 4.79 Å². The predicted octanol–water partition coefficient (Wildman–Crippen LogP) is 0.753. The van der Waals surface area contributed by atoms with Crippen molar-refractivity contribution in [1.82, 2.24) is 10.3 Å². The zero-order valence-corrected chi connectivity index (χ0v) is 10.2. The Hall–Kier alpha value is -1.47. The molecule has 0 saturated heterocycles. The molecule has 0 aliphatic carbocycles. The van der Waals surface area contributed by atoms with E-state index in [0.29, 0.717) is 19.4 Å². The number of carbonyl (C=O) groups is 2. The molecule has 1 unspecified atom stereocenters. The number of hydrogen-bond donors (Lipinski definition) is 2. The van der Waals surface area contributed by atoms with E-state index in [-0.39, 0.29) is 5.69 Å². The van der Waals surface area contributed by atoms with Gasteiger partial charge < -0.3 is 15.2 Å². The van der Waals surface area contributed by atoms with Crippen LogP contribution < -0.4 is 5.32 Å². The largest absolute Gasteiger partial charge is 0.480 e. The lowest BCUT2D eigenvalue weighted by Crippen LogP contribution is -2.41. The van der Waals surface area contributed by atoms with Crippen molar-refractivity contribution in [3.8, 4) is 0 Å². The van der Waals surface area contributed by atoms with E-state index in [2.05, 4.69) is 10.3 Å². The van der Waals surface area contributed by atoms with Crippen LogP contribution >= 0.6 is 11.3 Å². The molecule has 0 aromatic carbocycles. The van der Waals surface area contributed by atoms with Crippen LogP contribution in [0.25, 0.3) is 0 Å². The smallest absolute Gasteiger partial charge is 0.326 e. The summed E-state index contributed by atoms with van der Waals surface area (Å²) in [5.74, 6) is -1.51. The van der Waals surface area contributed by atoms with Gasteiger partial charge in [-0.05, 0) is 12.8 Å². The third kappa shape index (κ3) is 4.49. The molecule has 17 heavy (non-hydrogen) atoms. The summed E-state index contributed by atoms with van der Waals surface area (Å²) in [6.07, 6.45) is 0.907. The highest BCUT2D eigenvalue weighted by Gasteiger charge is 2.20. The Bertz CT molecular complexity index is 366. The van der Waals surface area contributed by atoms with Crippen LogP contribution in [0.2, 0.25) is 0 Å². The van der Waals surface area contributed by atoms with Crippen molar-refractivity contribution >= 4 is 23.2 Å². The van der Waals surface area contributed by atoms with Crippen molar-refractivity contribution in [2.45, 2.75) is 18.9 Å². The molecule has 0 aliphatic heterocycles. The topological polar surface area (TPSA) is 88.5 Å². The van der Waals surface area contributed by atoms with E-state index < -0.39 is 17.9 Å². The first-order valence-electron chi connectivity index (χ1n) is 5.06. The molecule has 0 radical (unpaired) electrons. The summed E-state index contributed by atoms with van der Waals surface area (Å²) < 4.78 is 4.83. The SMILES string of the molecule is COCCCC(NC(=O)c1cscn1)C(=O)O. The number of carboxylic acids is 1. The quantitative estimate of drug-likeness (QED) is 0.705. The van der Waals surface area contributed by atoms with Crippen molar-refractivity contribution in [3.05, 3.63) is 16.6 Å². The lowest BCUT2D eigenvalue weighted by molar-refractivity contribution is -0.139. The van der Waals surface area contributed by atoms with Crippen LogP contribution in [0, 0.1) is 0 Å². The number of aliphatic carboxylic acids is 1. The van der Waals surface area contributed by atoms with Gasteiger partial charge in [-0.25, -0.2) is 9.78 Å². The molecule has 1 amide bonds. The van der Waals surface area contributed by atoms with Crippen LogP contribution in [-0.4, -0.2) is 41.7 Å². The number of nitrogens with one attached hydrogen (secondary N) is 1. The summed E-state index contributed by atoms with van der Waals surface area (Å²) >= 11 is 1.29. The number of hydrogen-bond acceptors (Lipinski definition) is 5. The standard InChI is InChI=1S/C10H14N2O4S/c1-16-4-2-3-7(10(14)15)12-9(13)8-5-17-6-11-8/h5-7H,2-4H2,1H3,(H,12,13)(H,14,15). The molecule has 7 heteroatoms. The third-order valence-electron chi connectivity index (χ3n) is 2.11. The van der Waals surface area contributed by atoms with Gasteiger partial charge in [0.2, 0.25) is 0 Å². The van der Waals surface area contributed by atoms with Crippen LogP contribution in [0.5, 0.6) is 0 Å². The number of carbonyl (C=O) groups excluding carboxylic acids is 1. The number of carboxylic acid groups (broad SMARTS) is 1. The molecular weight excluding hydrogens is 244 g/mol. The number of thiazole rings is 1. The maximum Gasteiger partial charge on any atom is 0.326 e. The minimum atomic E-state index is -1.05. The maximum atomic E-state index is 11.6. The fraction of sp³-hybridized carbons (Fsp3) is 0.500. The van der Waals surface area contributed by atoms with Gasteiger partial charge in [0, 0.05) is 19.1 Å². The van der Waals surface area contributed by atoms with Gasteiger partial charge in [0.25, 0.3) is 5.91 Å². The molecule has 1 rings (SSSR count). The van der Waals surface area contributed by atoms with E-state index in [0.717, 1.165) is 0 Å². The van der Waals surface area contributed by atoms with Crippen molar-refractivity contribution in [3.63, 3.8) is 0 Å². The number of nitrogens with zero attached hydrogens (tertiary/aromatic N) is 1. The Kier molecular flexibility index (Phi) is 5.58. The molecular formula is C10H14N2O4S. The fourth-order valence-electron chi connectivity index (χ4n) is 1.25. The first-order valence-corrected chi connectivity index (χ1v) is 6.00. The minimum Gasteiger partial charge on any atom is -0.480 e. The predicted molar refractivity (Wildman–Crippen MR) is 62.1 cm³/mol. The van der Waals surface area contributed by atoms with E-state index in [1.807, 2.05) is 0 Å². The van der Waals surface area contributed by atoms with Gasteiger partial charge in [-0.15, -0.1) is 11.3 Å². The molecule has 0 saturated carbocycles. The van der Waals surface area contributed by atoms with E-state index in [9.17, 15) is 9.59 Å². The fourth-order valence-corrected chi connectivity index (χ4v) is 1.78. The summed E-state index contributed by atoms with van der Waals surface area (Å²) in [4.78, 5) is 26.3. The van der Waals surface area contributed by atoms with Crippen LogP contribution in [0.3, 0.4) is 0 Å². The summed E-state index contributed by atoms with van der Waals surface area (Å²) in [5, 5.41) is 12.9. The van der Waals surface area contributed by atoms with Gasteiger partial charge in [0.15, 0.2) is 0 Å². The first-order chi connectivity index (χ1) is 8.15. The zero-order chi connectivity index (χ0) is 12.7. The Morgan fingerprint density at radius 3 is 2.94 bits per heavy atom. The van der Waals surface area contributed by atoms with Gasteiger partial charge in [-0.1, -0.05) is 0 Å². The minimum absolute atomic E-state index is 0.244. The van der Waals surface area contributed by atoms with Crippen LogP contribution in [0.1, 0.15) is 23.3 Å². The van der Waals surface area contributed by atoms with Crippen molar-refractivity contribution in [1.29, 1.82) is 0 Å². The van der Waals surface area contributed by atoms with Gasteiger partial charge in [0.1, 0.15) is 11.7 Å². The monoisotopic (exact) mass is 258 g/mol. The van der Waals surface area contributed by atoms with E-state index >= 15 is 0 Å². The first kappa shape index (κ1) is 13.6. The Balaban J connectivity index is 2.49. The second-order valence-corrected chi connectivity index (χ2v) is 4.09. The molecule has 0 aliphatic rings. The normalized spacial score (nSPS) is 12.1. The zero-order valence-electron chi connectivity index (χ0n) is 9.38. The highest BCUT2D eigenvalue weighted by molar-refractivity contribution is 7.07. The number of aromatic nitrogens is 1. The molecule has 94 valence electrons. The Morgan fingerprint density at radius 1 is 1.65 bits per heavy atom. The molecule has 0 bridgehead atoms. The number of rotatable bonds is 7. The molecule has 1 aromatic rings. The van der Waals surface area contributed by atoms with Crippen LogP contribution in [0.15, 0.2) is 10.9 Å². The molecule has 1 atom stereocenters. The van der Waals surface area contributed by atoms with Crippen LogP contribution in [-0.2, 0) is 9.53 Å². The second kappa shape index (κ2) is 6.97. The number of amides is 1. The highest BCUT2D eigenvalue weighted by Crippen LogP contribution is 2.03. The molecule has 2 N–H and O–H groups in total. The third-order valence-corrected chi connectivity index (χ3v) is 2.70. The van der Waals surface area contributed by atoms with E-state index in [4.69, 9.17) is 9.84 Å². The molecule has 0 spiro atoms. The molecule has 6 nitrogen and oxygen atoms in total. The Labute approximate surface area is 103 Å². The Morgan fingerprint density at radius 2 is 2.41 bits per heavy atom. The molecule has 0 fully saturated rings. The second-order valence-electron chi connectivity index (χ2n) is 3.37. The summed E-state index contributed by atoms with van der Waals surface area (Å²) in [6, 6.07) is -0.903. The van der Waals surface area contributed by atoms with Crippen molar-refractivity contribution in [2.24, 2.45) is 0 Å². The highest BCUT2D eigenvalue weighted by atomic mass is 32.1. The average Bonchev–Trinajstić information content (AvgIpc) is 2.81. The van der Waals surface area contributed by atoms with Gasteiger partial charge in [-0.2, -0.15) is 0 Å². The van der Waals surface area contributed by atoms with E-state index in [1.165, 1.54) is 16.8 Å². The summed E-state index contributed by atoms with van der Waals surface area (Å²) in [5.41, 5.74) is 1.77. The van der Waals surface area contributed by atoms with Gasteiger partial charge in [0.05, 0.1) is 5.51 Å². The van der Waals surface area contributed by atoms with E-state index in [1.54, 1.807) is 12.5 Å². The molecule has 1 aromatic heterocycles. The number of methoxy groups -OCH3 is 1. The summed E-state index contributed by atoms with van der Waals surface area (Å²) in [7, 11) is 1.55. The van der Waals surface area contributed by atoms with Crippen LogP contribution in [0.4, 0.5) is 0 Å². The van der Waals surface area contributed by atoms with Crippen molar-refractivity contribution < 1.29 is 19.4 Å². The average molecular weight is 258 g/mol. The number of ether oxygens (including phenoxy) is 1. The lowest BCUT2D eigenvalue weighted by atomic mass is 10.1. The summed E-state index contributed by atoms with van der Waals surface area (Å²) in [6.45, 7) is 0.469. The molecule has 1 heterocycles. The lowest BCUT2D eigenvalue weighted by Gasteiger charge is -2.13.